The normalized spacial score (nSPS) is 15.1. The van der Waals surface area contributed by atoms with Crippen LogP contribution in [0.1, 0.15) is 23.6 Å². The van der Waals surface area contributed by atoms with Gasteiger partial charge in [0.15, 0.2) is 11.5 Å². The fourth-order valence-corrected chi connectivity index (χ4v) is 3.27. The Morgan fingerprint density at radius 1 is 1.17 bits per heavy atom. The van der Waals surface area contributed by atoms with Gasteiger partial charge in [0.05, 0.1) is 28.7 Å². The maximum atomic E-state index is 13.2. The van der Waals surface area contributed by atoms with Crippen molar-refractivity contribution < 1.29 is 32.2 Å². The van der Waals surface area contributed by atoms with Crippen LogP contribution in [0.5, 0.6) is 17.2 Å². The van der Waals surface area contributed by atoms with Gasteiger partial charge in [-0.1, -0.05) is 6.07 Å². The Morgan fingerprint density at radius 2 is 1.93 bits per heavy atom. The van der Waals surface area contributed by atoms with Gasteiger partial charge in [-0.05, 0) is 60.7 Å². The van der Waals surface area contributed by atoms with Gasteiger partial charge in [-0.2, -0.15) is 18.4 Å². The summed E-state index contributed by atoms with van der Waals surface area (Å²) in [5.74, 6) is -0.249. The molecule has 1 N–H and O–H groups in total. The van der Waals surface area contributed by atoms with Gasteiger partial charge in [0.1, 0.15) is 5.75 Å². The Bertz CT molecular complexity index is 1090. The molecule has 6 nitrogen and oxygen atoms in total. The number of hydrogen-bond donors (Lipinski definition) is 1. The van der Waals surface area contributed by atoms with E-state index in [2.05, 4.69) is 5.32 Å². The molecule has 10 heteroatoms. The molecule has 2 amide bonds. The molecule has 0 unspecified atom stereocenters. The van der Waals surface area contributed by atoms with Crippen LogP contribution in [0.4, 0.5) is 18.0 Å². The van der Waals surface area contributed by atoms with Gasteiger partial charge in [-0.3, -0.25) is 14.9 Å². The minimum atomic E-state index is -4.71. The van der Waals surface area contributed by atoms with Crippen molar-refractivity contribution in [3.8, 4) is 23.3 Å². The van der Waals surface area contributed by atoms with Crippen LogP contribution < -0.4 is 14.8 Å². The molecular weight excluding hydrogens is 421 g/mol. The summed E-state index contributed by atoms with van der Waals surface area (Å²) in [5.41, 5.74) is -1.08. The second-order valence-electron chi connectivity index (χ2n) is 5.91. The van der Waals surface area contributed by atoms with E-state index in [1.54, 1.807) is 13.0 Å². The van der Waals surface area contributed by atoms with Gasteiger partial charge < -0.3 is 9.47 Å². The van der Waals surface area contributed by atoms with Gasteiger partial charge in [-0.15, -0.1) is 0 Å². The summed E-state index contributed by atoms with van der Waals surface area (Å²) in [6.45, 7) is 1.97. The Morgan fingerprint density at radius 3 is 2.53 bits per heavy atom. The lowest BCUT2D eigenvalue weighted by molar-refractivity contribution is -0.137. The summed E-state index contributed by atoms with van der Waals surface area (Å²) < 4.78 is 50.6. The SMILES string of the molecule is CCOc1cc(/C=C2\SC(=O)NC2=O)ccc1Oc1ccc(C#N)c(C(F)(F)F)c1. The molecular formula is C20H13F3N2O4S. The van der Waals surface area contributed by atoms with E-state index in [0.717, 1.165) is 23.9 Å². The summed E-state index contributed by atoms with van der Waals surface area (Å²) in [7, 11) is 0. The number of ether oxygens (including phenoxy) is 2. The van der Waals surface area contributed by atoms with Crippen molar-refractivity contribution >= 4 is 29.0 Å². The smallest absolute Gasteiger partial charge is 0.417 e. The molecule has 1 fully saturated rings. The number of carbonyl (C=O) groups excluding carboxylic acids is 2. The fourth-order valence-electron chi connectivity index (χ4n) is 2.59. The monoisotopic (exact) mass is 434 g/mol. The number of rotatable bonds is 5. The van der Waals surface area contributed by atoms with Crippen molar-refractivity contribution in [1.82, 2.24) is 5.32 Å². The van der Waals surface area contributed by atoms with Crippen molar-refractivity contribution in [2.75, 3.05) is 6.61 Å². The zero-order chi connectivity index (χ0) is 21.9. The number of imide groups is 1. The Kier molecular flexibility index (Phi) is 6.03. The fraction of sp³-hybridized carbons (Fsp3) is 0.150. The molecule has 1 aliphatic heterocycles. The van der Waals surface area contributed by atoms with Crippen molar-refractivity contribution in [3.63, 3.8) is 0 Å². The molecule has 30 heavy (non-hydrogen) atoms. The highest BCUT2D eigenvalue weighted by Gasteiger charge is 2.34. The third kappa shape index (κ3) is 4.75. The van der Waals surface area contributed by atoms with Crippen molar-refractivity contribution in [3.05, 3.63) is 58.0 Å². The van der Waals surface area contributed by atoms with Gasteiger partial charge in [0, 0.05) is 0 Å². The van der Waals surface area contributed by atoms with E-state index >= 15 is 0 Å². The molecule has 0 saturated carbocycles. The number of amides is 2. The number of thioether (sulfide) groups is 1. The standard InChI is InChI=1S/C20H13F3N2O4S/c1-2-28-16-7-11(8-17-18(26)25-19(27)30-17)3-6-15(16)29-13-5-4-12(10-24)14(9-13)20(21,22)23/h3-9H,2H2,1H3,(H,25,26,27)/b17-8-. The van der Waals surface area contributed by atoms with Gasteiger partial charge >= 0.3 is 6.18 Å². The van der Waals surface area contributed by atoms with E-state index in [1.807, 2.05) is 0 Å². The minimum absolute atomic E-state index is 0.121. The number of halogens is 3. The van der Waals surface area contributed by atoms with Crippen LogP contribution >= 0.6 is 11.8 Å². The summed E-state index contributed by atoms with van der Waals surface area (Å²) in [4.78, 5) is 23.2. The lowest BCUT2D eigenvalue weighted by atomic mass is 10.1. The quantitative estimate of drug-likeness (QED) is 0.660. The molecule has 1 saturated heterocycles. The predicted octanol–water partition coefficient (Wildman–Crippen LogP) is 5.09. The number of nitrogens with one attached hydrogen (secondary N) is 1. The molecule has 2 aromatic carbocycles. The van der Waals surface area contributed by atoms with Crippen LogP contribution in [-0.4, -0.2) is 17.8 Å². The van der Waals surface area contributed by atoms with Crippen molar-refractivity contribution in [2.24, 2.45) is 0 Å². The largest absolute Gasteiger partial charge is 0.490 e. The zero-order valence-electron chi connectivity index (χ0n) is 15.4. The summed E-state index contributed by atoms with van der Waals surface area (Å²) in [5, 5.41) is 10.6. The number of alkyl halides is 3. The molecule has 1 aliphatic rings. The van der Waals surface area contributed by atoms with Crippen LogP contribution in [0.15, 0.2) is 41.3 Å². The number of benzene rings is 2. The zero-order valence-corrected chi connectivity index (χ0v) is 16.2. The molecule has 0 bridgehead atoms. The first-order valence-electron chi connectivity index (χ1n) is 8.52. The molecule has 1 heterocycles. The highest BCUT2D eigenvalue weighted by Crippen LogP contribution is 2.38. The average Bonchev–Trinajstić information content (AvgIpc) is 3.00. The second-order valence-corrected chi connectivity index (χ2v) is 6.93. The molecule has 0 spiro atoms. The Balaban J connectivity index is 1.93. The van der Waals surface area contributed by atoms with Crippen LogP contribution in [0.2, 0.25) is 0 Å². The lowest BCUT2D eigenvalue weighted by Gasteiger charge is -2.14. The molecule has 3 rings (SSSR count). The van der Waals surface area contributed by atoms with Gasteiger partial charge in [0.25, 0.3) is 11.1 Å². The molecule has 0 radical (unpaired) electrons. The predicted molar refractivity (Wildman–Crippen MR) is 103 cm³/mol. The van der Waals surface area contributed by atoms with E-state index in [0.29, 0.717) is 5.56 Å². The first kappa shape index (κ1) is 21.3. The maximum Gasteiger partial charge on any atom is 0.417 e. The van der Waals surface area contributed by atoms with Crippen LogP contribution in [-0.2, 0) is 11.0 Å². The summed E-state index contributed by atoms with van der Waals surface area (Å²) in [6, 6.07) is 9.12. The first-order valence-corrected chi connectivity index (χ1v) is 9.34. The third-order valence-corrected chi connectivity index (χ3v) is 4.66. The van der Waals surface area contributed by atoms with Crippen LogP contribution in [0.3, 0.4) is 0 Å². The van der Waals surface area contributed by atoms with E-state index in [-0.39, 0.29) is 28.8 Å². The van der Waals surface area contributed by atoms with Crippen LogP contribution in [0.25, 0.3) is 6.08 Å². The molecule has 0 aliphatic carbocycles. The second kappa shape index (κ2) is 8.51. The van der Waals surface area contributed by atoms with Gasteiger partial charge in [-0.25, -0.2) is 0 Å². The lowest BCUT2D eigenvalue weighted by Crippen LogP contribution is -2.17. The summed E-state index contributed by atoms with van der Waals surface area (Å²) >= 11 is 0.758. The van der Waals surface area contributed by atoms with E-state index in [4.69, 9.17) is 14.7 Å². The Labute approximate surface area is 173 Å². The minimum Gasteiger partial charge on any atom is -0.490 e. The van der Waals surface area contributed by atoms with Crippen molar-refractivity contribution in [2.45, 2.75) is 13.1 Å². The summed E-state index contributed by atoms with van der Waals surface area (Å²) in [6.07, 6.45) is -3.22. The van der Waals surface area contributed by atoms with Gasteiger partial charge in [0.2, 0.25) is 0 Å². The molecule has 0 atom stereocenters. The van der Waals surface area contributed by atoms with E-state index in [9.17, 15) is 22.8 Å². The highest BCUT2D eigenvalue weighted by molar-refractivity contribution is 8.18. The molecule has 2 aromatic rings. The number of nitrogens with zero attached hydrogens (tertiary/aromatic N) is 1. The molecule has 0 aromatic heterocycles. The van der Waals surface area contributed by atoms with Crippen LogP contribution in [0, 0.1) is 11.3 Å². The Hall–Kier alpha value is -3.45. The highest BCUT2D eigenvalue weighted by atomic mass is 32.2. The first-order chi connectivity index (χ1) is 14.2. The maximum absolute atomic E-state index is 13.2. The number of carbonyl (C=O) groups is 2. The molecule has 154 valence electrons. The number of hydrogen-bond acceptors (Lipinski definition) is 6. The van der Waals surface area contributed by atoms with E-state index < -0.39 is 28.4 Å². The van der Waals surface area contributed by atoms with E-state index in [1.165, 1.54) is 30.3 Å². The number of nitriles is 1. The average molecular weight is 434 g/mol. The topological polar surface area (TPSA) is 88.4 Å². The third-order valence-electron chi connectivity index (χ3n) is 3.85. The van der Waals surface area contributed by atoms with Crippen molar-refractivity contribution in [1.29, 1.82) is 5.26 Å².